The number of nitrogens with one attached hydrogen (secondary N) is 2. The minimum absolute atomic E-state index is 0.0954. The zero-order valence-corrected chi connectivity index (χ0v) is 23.6. The Labute approximate surface area is 235 Å². The van der Waals surface area contributed by atoms with E-state index in [4.69, 9.17) is 4.74 Å². The summed E-state index contributed by atoms with van der Waals surface area (Å²) >= 11 is 0. The molecule has 0 bridgehead atoms. The lowest BCUT2D eigenvalue weighted by atomic mass is 10.1. The Bertz CT molecular complexity index is 1550. The molecule has 2 N–H and O–H groups in total. The number of benzene rings is 1. The molecular weight excluding hydrogens is 537 g/mol. The normalized spacial score (nSPS) is 15.8. The van der Waals surface area contributed by atoms with Crippen LogP contribution in [0.5, 0.6) is 0 Å². The molecule has 0 aliphatic carbocycles. The summed E-state index contributed by atoms with van der Waals surface area (Å²) in [6, 6.07) is 10.3. The number of aromatic amines is 1. The average molecular weight is 571 g/mol. The molecule has 13 heteroatoms. The van der Waals surface area contributed by atoms with Crippen molar-refractivity contribution in [1.29, 1.82) is 0 Å². The fourth-order valence-electron chi connectivity index (χ4n) is 4.83. The molecule has 10 nitrogen and oxygen atoms in total. The molecule has 4 heterocycles. The maximum Gasteiger partial charge on any atom is 0.435 e. The molecule has 0 spiro atoms. The molecule has 1 aliphatic heterocycles. The number of anilines is 2. The van der Waals surface area contributed by atoms with Gasteiger partial charge in [-0.25, -0.2) is 14.8 Å². The van der Waals surface area contributed by atoms with Gasteiger partial charge in [0.2, 0.25) is 5.95 Å². The number of alkyl halides is 3. The van der Waals surface area contributed by atoms with Crippen LogP contribution < -0.4 is 5.32 Å². The van der Waals surface area contributed by atoms with E-state index in [0.29, 0.717) is 41.6 Å². The van der Waals surface area contributed by atoms with Gasteiger partial charge in [0.05, 0.1) is 16.7 Å². The maximum absolute atomic E-state index is 13.1. The molecule has 1 atom stereocenters. The Morgan fingerprint density at radius 2 is 1.80 bits per heavy atom. The molecule has 1 aromatic carbocycles. The SMILES string of the molecule is CC(c1ccnc(Nc2nc3cc(-c4cc(C(F)(F)F)nn4C)ccc3[nH]2)c1)N1CCN(C(=O)OC(C)(C)C)CC1. The van der Waals surface area contributed by atoms with Crippen molar-refractivity contribution >= 4 is 28.9 Å². The van der Waals surface area contributed by atoms with Gasteiger partial charge in [0.1, 0.15) is 11.4 Å². The molecular formula is C28H33F3N8O2. The number of pyridine rings is 1. The summed E-state index contributed by atoms with van der Waals surface area (Å²) in [7, 11) is 1.48. The number of rotatable bonds is 5. The first-order valence-electron chi connectivity index (χ1n) is 13.3. The van der Waals surface area contributed by atoms with Crippen LogP contribution in [0.1, 0.15) is 45.0 Å². The van der Waals surface area contributed by atoms with Gasteiger partial charge in [-0.15, -0.1) is 0 Å². The Kier molecular flexibility index (Phi) is 7.41. The van der Waals surface area contributed by atoms with Crippen LogP contribution in [0.3, 0.4) is 0 Å². The van der Waals surface area contributed by atoms with Gasteiger partial charge in [0.25, 0.3) is 0 Å². The van der Waals surface area contributed by atoms with Crippen molar-refractivity contribution in [2.45, 2.75) is 45.5 Å². The lowest BCUT2D eigenvalue weighted by Crippen LogP contribution is -2.50. The summed E-state index contributed by atoms with van der Waals surface area (Å²) in [5.74, 6) is 1.06. The molecule has 1 unspecified atom stereocenters. The largest absolute Gasteiger partial charge is 0.444 e. The zero-order chi connectivity index (χ0) is 29.5. The number of fused-ring (bicyclic) bond motifs is 1. The molecule has 1 amide bonds. The van der Waals surface area contributed by atoms with Crippen LogP contribution in [-0.2, 0) is 18.0 Å². The van der Waals surface area contributed by atoms with E-state index >= 15 is 0 Å². The van der Waals surface area contributed by atoms with E-state index in [1.165, 1.54) is 11.7 Å². The molecule has 0 radical (unpaired) electrons. The number of aryl methyl sites for hydroxylation is 1. The van der Waals surface area contributed by atoms with Crippen LogP contribution >= 0.6 is 0 Å². The van der Waals surface area contributed by atoms with Gasteiger partial charge in [-0.2, -0.15) is 18.3 Å². The number of imidazole rings is 1. The lowest BCUT2D eigenvalue weighted by Gasteiger charge is -2.38. The fourth-order valence-corrected chi connectivity index (χ4v) is 4.83. The Hall–Kier alpha value is -4.13. The smallest absolute Gasteiger partial charge is 0.435 e. The van der Waals surface area contributed by atoms with Crippen LogP contribution in [-0.4, -0.2) is 72.4 Å². The number of piperazine rings is 1. The number of amides is 1. The van der Waals surface area contributed by atoms with Crippen LogP contribution in [0.25, 0.3) is 22.3 Å². The van der Waals surface area contributed by atoms with Crippen molar-refractivity contribution < 1.29 is 22.7 Å². The van der Waals surface area contributed by atoms with Crippen LogP contribution in [0, 0.1) is 0 Å². The monoisotopic (exact) mass is 570 g/mol. The summed E-state index contributed by atoms with van der Waals surface area (Å²) in [4.78, 5) is 28.6. The predicted octanol–water partition coefficient (Wildman–Crippen LogP) is 5.73. The van der Waals surface area contributed by atoms with E-state index in [2.05, 4.69) is 37.2 Å². The number of halogens is 3. The number of aromatic nitrogens is 5. The average Bonchev–Trinajstić information content (AvgIpc) is 3.49. The Morgan fingerprint density at radius 1 is 1.07 bits per heavy atom. The van der Waals surface area contributed by atoms with Crippen molar-refractivity contribution in [2.75, 3.05) is 31.5 Å². The number of carbonyl (C=O) groups excluding carboxylic acids is 1. The highest BCUT2D eigenvalue weighted by molar-refractivity contribution is 5.83. The first kappa shape index (κ1) is 28.4. The number of hydrogen-bond donors (Lipinski definition) is 2. The molecule has 1 aliphatic rings. The second-order valence-corrected chi connectivity index (χ2v) is 11.1. The van der Waals surface area contributed by atoms with E-state index in [1.807, 2.05) is 32.9 Å². The Balaban J connectivity index is 1.26. The minimum atomic E-state index is -4.52. The van der Waals surface area contributed by atoms with Crippen LogP contribution in [0.15, 0.2) is 42.6 Å². The molecule has 41 heavy (non-hydrogen) atoms. The van der Waals surface area contributed by atoms with Gasteiger partial charge in [0.15, 0.2) is 5.69 Å². The molecule has 5 rings (SSSR count). The fraction of sp³-hybridized carbons (Fsp3) is 0.429. The lowest BCUT2D eigenvalue weighted by molar-refractivity contribution is -0.141. The second kappa shape index (κ2) is 10.7. The van der Waals surface area contributed by atoms with E-state index in [0.717, 1.165) is 30.2 Å². The molecule has 1 saturated heterocycles. The van der Waals surface area contributed by atoms with Gasteiger partial charge in [-0.3, -0.25) is 9.58 Å². The molecule has 218 valence electrons. The van der Waals surface area contributed by atoms with Crippen molar-refractivity contribution in [3.8, 4) is 11.3 Å². The van der Waals surface area contributed by atoms with Crippen molar-refractivity contribution in [2.24, 2.45) is 7.05 Å². The molecule has 3 aromatic heterocycles. The number of carbonyl (C=O) groups is 1. The number of ether oxygens (including phenoxy) is 1. The topological polar surface area (TPSA) is 104 Å². The van der Waals surface area contributed by atoms with Gasteiger partial charge in [-0.05, 0) is 63.6 Å². The predicted molar refractivity (Wildman–Crippen MR) is 149 cm³/mol. The van der Waals surface area contributed by atoms with Gasteiger partial charge in [-0.1, -0.05) is 6.07 Å². The first-order valence-corrected chi connectivity index (χ1v) is 13.3. The standard InChI is InChI=1S/C28H33F3N8O2/c1-17(38-10-12-39(13-11-38)26(40)41-27(2,3)4)18-8-9-32-24(15-18)35-25-33-20-7-6-19(14-21(20)34-25)22-16-23(28(29,30)31)36-37(22)5/h6-9,14-17H,10-13H2,1-5H3,(H2,32,33,34,35). The van der Waals surface area contributed by atoms with Crippen molar-refractivity contribution in [3.63, 3.8) is 0 Å². The van der Waals surface area contributed by atoms with Crippen molar-refractivity contribution in [3.05, 3.63) is 53.9 Å². The number of hydrogen-bond acceptors (Lipinski definition) is 7. The highest BCUT2D eigenvalue weighted by Gasteiger charge is 2.34. The molecule has 0 saturated carbocycles. The van der Waals surface area contributed by atoms with Gasteiger partial charge >= 0.3 is 12.3 Å². The quantitative estimate of drug-likeness (QED) is 0.316. The summed E-state index contributed by atoms with van der Waals surface area (Å²) in [6.45, 7) is 10.3. The van der Waals surface area contributed by atoms with Crippen LogP contribution in [0.4, 0.5) is 29.7 Å². The number of H-pyrrole nitrogens is 1. The van der Waals surface area contributed by atoms with E-state index in [-0.39, 0.29) is 12.1 Å². The highest BCUT2D eigenvalue weighted by atomic mass is 19.4. The summed E-state index contributed by atoms with van der Waals surface area (Å²) in [5, 5.41) is 6.79. The molecule has 1 fully saturated rings. The summed E-state index contributed by atoms with van der Waals surface area (Å²) in [5.41, 5.74) is 1.82. The summed E-state index contributed by atoms with van der Waals surface area (Å²) < 4.78 is 46.0. The third-order valence-corrected chi connectivity index (χ3v) is 6.98. The third kappa shape index (κ3) is 6.45. The van der Waals surface area contributed by atoms with E-state index in [1.54, 1.807) is 29.3 Å². The highest BCUT2D eigenvalue weighted by Crippen LogP contribution is 2.32. The van der Waals surface area contributed by atoms with E-state index in [9.17, 15) is 18.0 Å². The third-order valence-electron chi connectivity index (χ3n) is 6.98. The minimum Gasteiger partial charge on any atom is -0.444 e. The van der Waals surface area contributed by atoms with Crippen LogP contribution in [0.2, 0.25) is 0 Å². The second-order valence-electron chi connectivity index (χ2n) is 11.1. The number of nitrogens with zero attached hydrogens (tertiary/aromatic N) is 6. The first-order chi connectivity index (χ1) is 19.3. The van der Waals surface area contributed by atoms with E-state index < -0.39 is 17.5 Å². The maximum atomic E-state index is 13.1. The zero-order valence-electron chi connectivity index (χ0n) is 23.6. The van der Waals surface area contributed by atoms with Gasteiger partial charge in [0, 0.05) is 51.0 Å². The summed E-state index contributed by atoms with van der Waals surface area (Å²) in [6.07, 6.45) is -3.08. The Morgan fingerprint density at radius 3 is 2.46 bits per heavy atom. The van der Waals surface area contributed by atoms with Gasteiger partial charge < -0.3 is 19.9 Å². The van der Waals surface area contributed by atoms with Crippen molar-refractivity contribution in [1.82, 2.24) is 34.5 Å². The molecule has 4 aromatic rings.